The summed E-state index contributed by atoms with van der Waals surface area (Å²) in [6.45, 7) is 0. The highest BCUT2D eigenvalue weighted by Crippen LogP contribution is 2.65. The van der Waals surface area contributed by atoms with Crippen LogP contribution in [-0.2, 0) is 33.2 Å². The van der Waals surface area contributed by atoms with Crippen LogP contribution < -0.4 is 0 Å². The van der Waals surface area contributed by atoms with E-state index in [1.165, 1.54) is 0 Å². The molecule has 0 fully saturated rings. The summed E-state index contributed by atoms with van der Waals surface area (Å²) >= 11 is 0. The van der Waals surface area contributed by atoms with Gasteiger partial charge >= 0.3 is 145 Å². The number of hydrogen-bond donors (Lipinski definition) is 1. The van der Waals surface area contributed by atoms with Crippen molar-refractivity contribution < 1.29 is 253 Å². The number of hydrogen-bond acceptors (Lipinski definition) is 8. The summed E-state index contributed by atoms with van der Waals surface area (Å²) < 4.78 is 658. The predicted molar refractivity (Wildman–Crippen MR) is 130 cm³/mol. The van der Waals surface area contributed by atoms with Crippen molar-refractivity contribution in [3.63, 3.8) is 0 Å². The van der Waals surface area contributed by atoms with Gasteiger partial charge in [0.15, 0.2) is 0 Å². The molecule has 0 aromatic rings. The Morgan fingerprint density at radius 2 is 0.259 bits per heavy atom. The van der Waals surface area contributed by atoms with Gasteiger partial charge in [0.05, 0.1) is 0 Å². The molecule has 1 unspecified atom stereocenters. The second-order valence-electron chi connectivity index (χ2n) is 13.6. The highest BCUT2D eigenvalue weighted by Gasteiger charge is 2.95. The minimum absolute atomic E-state index is 0.615. The summed E-state index contributed by atoms with van der Waals surface area (Å²) in [5, 5.41) is 8.18. The highest BCUT2D eigenvalue weighted by atomic mass is 19.5. The van der Waals surface area contributed by atoms with Gasteiger partial charge in [-0.05, 0) is 0 Å². The first-order valence-electron chi connectivity index (χ1n) is 16.3. The number of ether oxygens (including phenoxy) is 7. The second kappa shape index (κ2) is 19.9. The zero-order valence-electron chi connectivity index (χ0n) is 33.8. The van der Waals surface area contributed by atoms with Crippen LogP contribution in [0, 0.1) is 0 Å². The van der Waals surface area contributed by atoms with E-state index >= 15 is 0 Å². The van der Waals surface area contributed by atoms with E-state index in [4.69, 9.17) is 5.11 Å². The average Bonchev–Trinajstić information content (AvgIpc) is 3.13. The lowest BCUT2D eigenvalue weighted by Gasteiger charge is -2.42. The first kappa shape index (κ1) is 77.2. The zero-order chi connectivity index (χ0) is 66.9. The van der Waals surface area contributed by atoms with Crippen LogP contribution in [0.3, 0.4) is 0 Å². The van der Waals surface area contributed by atoms with Crippen molar-refractivity contribution >= 4 is 0 Å². The number of alkyl halides is 49. The molecule has 0 radical (unpaired) electrons. The molecule has 0 bridgehead atoms. The van der Waals surface area contributed by atoms with Crippen LogP contribution in [0.5, 0.6) is 0 Å². The first-order valence-corrected chi connectivity index (χ1v) is 16.3. The number of halogens is 49. The van der Waals surface area contributed by atoms with Gasteiger partial charge in [-0.2, -0.15) is 215 Å². The van der Waals surface area contributed by atoms with Crippen molar-refractivity contribution in [1.82, 2.24) is 0 Å². The van der Waals surface area contributed by atoms with Crippen LogP contribution >= 0.6 is 0 Å². The van der Waals surface area contributed by atoms with E-state index < -0.39 is 145 Å². The molecule has 0 heterocycles. The van der Waals surface area contributed by atoms with Crippen molar-refractivity contribution in [2.45, 2.75) is 145 Å². The third kappa shape index (κ3) is 12.7. The summed E-state index contributed by atoms with van der Waals surface area (Å²) in [5.74, 6) is -72.8. The molecule has 0 aliphatic carbocycles. The Hall–Kier alpha value is -3.75. The molecule has 0 aromatic carbocycles. The van der Waals surface area contributed by atoms with Crippen LogP contribution in [0.2, 0.25) is 0 Å². The molecule has 0 saturated carbocycles. The van der Waals surface area contributed by atoms with E-state index in [2.05, 4.69) is 0 Å². The van der Waals surface area contributed by atoms with Gasteiger partial charge in [0.25, 0.3) is 0 Å². The lowest BCUT2D eigenvalue weighted by molar-refractivity contribution is -0.600. The topological polar surface area (TPSA) is 84.8 Å². The Balaban J connectivity index is 6.89. The van der Waals surface area contributed by atoms with Gasteiger partial charge in [-0.3, -0.25) is 0 Å². The van der Waals surface area contributed by atoms with Gasteiger partial charge in [-0.15, -0.1) is 0 Å². The molecule has 0 spiro atoms. The van der Waals surface area contributed by atoms with Crippen LogP contribution in [0.1, 0.15) is 0 Å². The molecular weight excluding hydrogens is 1350 g/mol. The smallest absolute Gasteiger partial charge is 0.350 e. The fraction of sp³-hybridized carbons (Fsp3) is 1.00. The zero-order valence-corrected chi connectivity index (χ0v) is 33.8. The Labute approximate surface area is 400 Å². The largest absolute Gasteiger partial charge is 0.460 e. The minimum atomic E-state index is -9.64. The molecule has 1 atom stereocenters. The second-order valence-corrected chi connectivity index (χ2v) is 13.6. The third-order valence-corrected chi connectivity index (χ3v) is 7.68. The van der Waals surface area contributed by atoms with Crippen molar-refractivity contribution in [1.29, 1.82) is 0 Å². The van der Waals surface area contributed by atoms with Crippen LogP contribution in [0.4, 0.5) is 215 Å². The van der Waals surface area contributed by atoms with Gasteiger partial charge in [0.1, 0.15) is 0 Å². The van der Waals surface area contributed by atoms with Gasteiger partial charge in [0.2, 0.25) is 0 Å². The normalized spacial score (nSPS) is 17.7. The van der Waals surface area contributed by atoms with Crippen LogP contribution in [-0.4, -0.2) is 150 Å². The van der Waals surface area contributed by atoms with Gasteiger partial charge in [-0.1, -0.05) is 0 Å². The Morgan fingerprint density at radius 3 is 0.432 bits per heavy atom. The predicted octanol–water partition coefficient (Wildman–Crippen LogP) is 14.6. The molecule has 0 amide bonds. The molecule has 8 nitrogen and oxygen atoms in total. The molecular formula is C24HF49O8. The van der Waals surface area contributed by atoms with E-state index in [9.17, 15) is 215 Å². The lowest BCUT2D eigenvalue weighted by atomic mass is 9.93. The third-order valence-electron chi connectivity index (χ3n) is 7.68. The van der Waals surface area contributed by atoms with E-state index in [0.29, 0.717) is 4.74 Å². The maximum atomic E-state index is 13.7. The number of aliphatic hydroxyl groups is 1. The molecule has 1 N–H and O–H groups in total. The summed E-state index contributed by atoms with van der Waals surface area (Å²) in [6.07, 6.45) is -141. The molecule has 57 heteroatoms. The highest BCUT2D eigenvalue weighted by molar-refractivity contribution is 5.12. The summed E-state index contributed by atoms with van der Waals surface area (Å²) in [7, 11) is 0. The van der Waals surface area contributed by atoms with Gasteiger partial charge in [0, 0.05) is 0 Å². The molecule has 0 aliphatic heterocycles. The van der Waals surface area contributed by atoms with Gasteiger partial charge < -0.3 is 5.11 Å². The van der Waals surface area contributed by atoms with Crippen molar-refractivity contribution in [3.8, 4) is 0 Å². The monoisotopic (exact) mass is 1350 g/mol. The van der Waals surface area contributed by atoms with Gasteiger partial charge in [-0.25, -0.2) is 33.2 Å². The lowest BCUT2D eigenvalue weighted by Crippen LogP contribution is -2.73. The van der Waals surface area contributed by atoms with Crippen LogP contribution in [0.15, 0.2) is 0 Å². The Bertz CT molecular complexity index is 2180. The van der Waals surface area contributed by atoms with E-state index in [1.54, 1.807) is 0 Å². The summed E-state index contributed by atoms with van der Waals surface area (Å²) in [4.78, 5) is 0. The molecule has 0 aromatic heterocycles. The number of rotatable bonds is 28. The fourth-order valence-electron chi connectivity index (χ4n) is 3.49. The quantitative estimate of drug-likeness (QED) is 0.0776. The Morgan fingerprint density at radius 1 is 0.136 bits per heavy atom. The Kier molecular flexibility index (Phi) is 19.0. The maximum Gasteiger partial charge on any atom is 0.460 e. The molecule has 488 valence electrons. The maximum absolute atomic E-state index is 13.7. The standard InChI is InChI=1S/C24HF49O8/c25-1(26,2(27,28)5(33,34)9(40,41)42)3(29,30)7(37,38)11(46,47)75-13(50,51)15(54,55)77-17(58,59)19(62,63)79-21(66,67)23(70,71)81-24(72,73)22(68,69)80-20(64,65)18(60,61)78-16(56,57)14(52,53)76-12(48,49)8(39,74)4(31,32)6(35,36)10(43,44)45/h74H. The molecule has 81 heavy (non-hydrogen) atoms. The van der Waals surface area contributed by atoms with Crippen molar-refractivity contribution in [2.24, 2.45) is 0 Å². The van der Waals surface area contributed by atoms with Crippen molar-refractivity contribution in [2.75, 3.05) is 0 Å². The SMILES string of the molecule is OC(F)(C(F)(F)OC(F)(F)C(F)(F)OC(F)(F)C(F)(F)OC(F)(F)C(F)(F)OC(F)(F)C(F)(F)OC(F)(F)C(F)(F)OC(F)(F)C(F)(F)OC(F)(F)C(F)(F)C(F)(F)C(F)(F)C(F)(F)C(F)(F)C(F)(F)F)C(F)(F)C(F)(F)C(F)(F)F. The average molecular weight is 1350 g/mol. The van der Waals surface area contributed by atoms with E-state index in [1.807, 2.05) is 0 Å². The molecule has 0 aliphatic rings. The van der Waals surface area contributed by atoms with E-state index in [0.717, 1.165) is 28.4 Å². The molecule has 0 saturated heterocycles. The van der Waals surface area contributed by atoms with Crippen molar-refractivity contribution in [3.05, 3.63) is 0 Å². The summed E-state index contributed by atoms with van der Waals surface area (Å²) in [6, 6.07) is 0. The molecule has 0 rings (SSSR count). The minimum Gasteiger partial charge on any atom is -0.350 e. The first-order chi connectivity index (χ1) is 33.9. The fourth-order valence-corrected chi connectivity index (χ4v) is 3.49. The van der Waals surface area contributed by atoms with Crippen LogP contribution in [0.25, 0.3) is 0 Å². The van der Waals surface area contributed by atoms with E-state index in [-0.39, 0.29) is 0 Å². The summed E-state index contributed by atoms with van der Waals surface area (Å²) in [5.41, 5.74) is 0.